The molecule has 0 saturated heterocycles. The van der Waals surface area contributed by atoms with Gasteiger partial charge < -0.3 is 5.32 Å². The van der Waals surface area contributed by atoms with Crippen LogP contribution < -0.4 is 5.32 Å². The quantitative estimate of drug-likeness (QED) is 0.802. The van der Waals surface area contributed by atoms with Gasteiger partial charge in [-0.1, -0.05) is 6.92 Å². The van der Waals surface area contributed by atoms with Crippen molar-refractivity contribution in [3.05, 3.63) is 29.8 Å². The summed E-state index contributed by atoms with van der Waals surface area (Å²) < 4.78 is 12.6. The number of nitrogens with one attached hydrogen (secondary N) is 1. The van der Waals surface area contributed by atoms with Gasteiger partial charge in [0, 0.05) is 12.2 Å². The highest BCUT2D eigenvalue weighted by molar-refractivity contribution is 5.94. The molecule has 1 amide bonds. The lowest BCUT2D eigenvalue weighted by molar-refractivity contribution is 0.0922. The topological polar surface area (TPSA) is 42.0 Å². The second-order valence-electron chi connectivity index (χ2n) is 4.80. The third kappa shape index (κ3) is 3.25. The average Bonchev–Trinajstić information content (AvgIpc) is 2.33. The van der Waals surface area contributed by atoms with Gasteiger partial charge in [-0.15, -0.1) is 0 Å². The van der Waals surface area contributed by atoms with Crippen molar-refractivity contribution in [2.45, 2.75) is 38.6 Å². The van der Waals surface area contributed by atoms with Crippen LogP contribution in [0.5, 0.6) is 0 Å². The first-order valence-electron chi connectivity index (χ1n) is 6.07. The monoisotopic (exact) mass is 236 g/mol. The van der Waals surface area contributed by atoms with E-state index in [1.807, 2.05) is 0 Å². The van der Waals surface area contributed by atoms with Crippen molar-refractivity contribution < 1.29 is 9.18 Å². The van der Waals surface area contributed by atoms with Gasteiger partial charge in [0.25, 0.3) is 5.91 Å². The molecule has 1 aliphatic rings. The minimum absolute atomic E-state index is 0.156. The zero-order chi connectivity index (χ0) is 12.3. The molecule has 1 aromatic rings. The molecule has 92 valence electrons. The molecule has 0 bridgehead atoms. The van der Waals surface area contributed by atoms with Crippen LogP contribution in [0.15, 0.2) is 18.3 Å². The molecular formula is C13H17FN2O. The minimum atomic E-state index is -0.562. The van der Waals surface area contributed by atoms with Crippen LogP contribution in [0.1, 0.15) is 43.0 Å². The lowest BCUT2D eigenvalue weighted by Crippen LogP contribution is -2.37. The summed E-state index contributed by atoms with van der Waals surface area (Å²) >= 11 is 0. The van der Waals surface area contributed by atoms with E-state index in [9.17, 15) is 9.18 Å². The first kappa shape index (κ1) is 12.0. The summed E-state index contributed by atoms with van der Waals surface area (Å²) in [6.07, 6.45) is 5.65. The van der Waals surface area contributed by atoms with Crippen molar-refractivity contribution in [1.29, 1.82) is 0 Å². The molecule has 1 fully saturated rings. The number of rotatable bonds is 2. The van der Waals surface area contributed by atoms with E-state index < -0.39 is 5.95 Å². The van der Waals surface area contributed by atoms with Gasteiger partial charge in [-0.05, 0) is 43.7 Å². The maximum atomic E-state index is 12.6. The van der Waals surface area contributed by atoms with E-state index in [-0.39, 0.29) is 11.9 Å². The zero-order valence-corrected chi connectivity index (χ0v) is 9.95. The SMILES string of the molecule is CC1CCC(NC(=O)c2ccc(F)nc2)CC1. The van der Waals surface area contributed by atoms with Crippen LogP contribution in [0.3, 0.4) is 0 Å². The standard InChI is InChI=1S/C13H17FN2O/c1-9-2-5-11(6-3-9)16-13(17)10-4-7-12(14)15-8-10/h4,7-9,11H,2-3,5-6H2,1H3,(H,16,17). The Hall–Kier alpha value is -1.45. The van der Waals surface area contributed by atoms with E-state index in [0.29, 0.717) is 5.56 Å². The summed E-state index contributed by atoms with van der Waals surface area (Å²) in [6, 6.07) is 2.92. The van der Waals surface area contributed by atoms with Gasteiger partial charge in [-0.2, -0.15) is 4.39 Å². The van der Waals surface area contributed by atoms with Crippen LogP contribution in [-0.4, -0.2) is 16.9 Å². The van der Waals surface area contributed by atoms with Gasteiger partial charge in [-0.25, -0.2) is 4.98 Å². The Morgan fingerprint density at radius 1 is 1.35 bits per heavy atom. The fraction of sp³-hybridized carbons (Fsp3) is 0.538. The highest BCUT2D eigenvalue weighted by Gasteiger charge is 2.20. The van der Waals surface area contributed by atoms with E-state index in [1.165, 1.54) is 18.3 Å². The largest absolute Gasteiger partial charge is 0.349 e. The number of aromatic nitrogens is 1. The second kappa shape index (κ2) is 5.25. The molecule has 3 nitrogen and oxygen atoms in total. The van der Waals surface area contributed by atoms with Gasteiger partial charge in [-0.3, -0.25) is 4.79 Å². The van der Waals surface area contributed by atoms with Gasteiger partial charge in [0.05, 0.1) is 5.56 Å². The second-order valence-corrected chi connectivity index (χ2v) is 4.80. The van der Waals surface area contributed by atoms with Crippen molar-refractivity contribution in [2.75, 3.05) is 0 Å². The molecule has 17 heavy (non-hydrogen) atoms. The van der Waals surface area contributed by atoms with Gasteiger partial charge in [0.2, 0.25) is 5.95 Å². The number of halogens is 1. The first-order chi connectivity index (χ1) is 8.15. The summed E-state index contributed by atoms with van der Waals surface area (Å²) in [7, 11) is 0. The molecule has 1 saturated carbocycles. The molecule has 0 aromatic carbocycles. The zero-order valence-electron chi connectivity index (χ0n) is 9.95. The van der Waals surface area contributed by atoms with Gasteiger partial charge in [0.1, 0.15) is 0 Å². The Balaban J connectivity index is 1.91. The fourth-order valence-corrected chi connectivity index (χ4v) is 2.18. The van der Waals surface area contributed by atoms with Crippen LogP contribution in [0.25, 0.3) is 0 Å². The Kier molecular flexibility index (Phi) is 3.71. The molecule has 1 aromatic heterocycles. The van der Waals surface area contributed by atoms with Gasteiger partial charge >= 0.3 is 0 Å². The minimum Gasteiger partial charge on any atom is -0.349 e. The number of amides is 1. The van der Waals surface area contributed by atoms with Crippen LogP contribution >= 0.6 is 0 Å². The lowest BCUT2D eigenvalue weighted by atomic mass is 9.87. The van der Waals surface area contributed by atoms with Crippen LogP contribution in [0.4, 0.5) is 4.39 Å². The predicted octanol–water partition coefficient (Wildman–Crippen LogP) is 2.53. The van der Waals surface area contributed by atoms with Crippen molar-refractivity contribution in [2.24, 2.45) is 5.92 Å². The molecule has 0 radical (unpaired) electrons. The molecule has 0 unspecified atom stereocenters. The third-order valence-electron chi connectivity index (χ3n) is 3.34. The van der Waals surface area contributed by atoms with Crippen molar-refractivity contribution in [3.8, 4) is 0 Å². The molecular weight excluding hydrogens is 219 g/mol. The Labute approximate surface area is 100 Å². The number of hydrogen-bond acceptors (Lipinski definition) is 2. The highest BCUT2D eigenvalue weighted by atomic mass is 19.1. The van der Waals surface area contributed by atoms with Crippen LogP contribution in [-0.2, 0) is 0 Å². The molecule has 1 N–H and O–H groups in total. The molecule has 0 spiro atoms. The molecule has 0 atom stereocenters. The summed E-state index contributed by atoms with van der Waals surface area (Å²) in [6.45, 7) is 2.24. The third-order valence-corrected chi connectivity index (χ3v) is 3.34. The Bertz CT molecular complexity index is 383. The molecule has 4 heteroatoms. The van der Waals surface area contributed by atoms with Crippen molar-refractivity contribution >= 4 is 5.91 Å². The normalized spacial score (nSPS) is 24.4. The molecule has 0 aliphatic heterocycles. The van der Waals surface area contributed by atoms with Crippen LogP contribution in [0, 0.1) is 11.9 Å². The van der Waals surface area contributed by atoms with E-state index in [4.69, 9.17) is 0 Å². The summed E-state index contributed by atoms with van der Waals surface area (Å²) in [5.74, 6) is 0.0423. The molecule has 1 aliphatic carbocycles. The van der Waals surface area contributed by atoms with Crippen LogP contribution in [0.2, 0.25) is 0 Å². The van der Waals surface area contributed by atoms with E-state index in [1.54, 1.807) is 0 Å². The summed E-state index contributed by atoms with van der Waals surface area (Å²) in [5.41, 5.74) is 0.421. The summed E-state index contributed by atoms with van der Waals surface area (Å²) in [5, 5.41) is 2.97. The first-order valence-corrected chi connectivity index (χ1v) is 6.07. The average molecular weight is 236 g/mol. The number of hydrogen-bond donors (Lipinski definition) is 1. The van der Waals surface area contributed by atoms with Crippen molar-refractivity contribution in [3.63, 3.8) is 0 Å². The number of carbonyl (C=O) groups is 1. The maximum absolute atomic E-state index is 12.6. The lowest BCUT2D eigenvalue weighted by Gasteiger charge is -2.26. The number of carbonyl (C=O) groups excluding carboxylic acids is 1. The fourth-order valence-electron chi connectivity index (χ4n) is 2.18. The Morgan fingerprint density at radius 2 is 2.06 bits per heavy atom. The number of nitrogens with zero attached hydrogens (tertiary/aromatic N) is 1. The Morgan fingerprint density at radius 3 is 2.65 bits per heavy atom. The molecule has 1 heterocycles. The maximum Gasteiger partial charge on any atom is 0.253 e. The number of pyridine rings is 1. The van der Waals surface area contributed by atoms with E-state index in [0.717, 1.165) is 31.6 Å². The van der Waals surface area contributed by atoms with Crippen molar-refractivity contribution in [1.82, 2.24) is 10.3 Å². The van der Waals surface area contributed by atoms with Gasteiger partial charge in [0.15, 0.2) is 0 Å². The van der Waals surface area contributed by atoms with E-state index in [2.05, 4.69) is 17.2 Å². The molecule has 2 rings (SSSR count). The highest BCUT2D eigenvalue weighted by Crippen LogP contribution is 2.23. The van der Waals surface area contributed by atoms with E-state index >= 15 is 0 Å². The smallest absolute Gasteiger partial charge is 0.253 e. The summed E-state index contributed by atoms with van der Waals surface area (Å²) in [4.78, 5) is 15.3. The predicted molar refractivity (Wildman–Crippen MR) is 63.1 cm³/mol.